The molecule has 0 bridgehead atoms. The Hall–Kier alpha value is -0.830. The van der Waals surface area contributed by atoms with Gasteiger partial charge in [0, 0.05) is 11.5 Å². The van der Waals surface area contributed by atoms with Gasteiger partial charge in [-0.3, -0.25) is 0 Å². The van der Waals surface area contributed by atoms with Crippen molar-refractivity contribution >= 4 is 5.97 Å². The normalized spacial score (nSPS) is 26.5. The van der Waals surface area contributed by atoms with E-state index < -0.39 is 5.97 Å². The summed E-state index contributed by atoms with van der Waals surface area (Å²) in [7, 11) is 0. The molecule has 0 spiro atoms. The number of hydrogen-bond acceptors (Lipinski definition) is 2. The predicted molar refractivity (Wildman–Crippen MR) is 49.5 cm³/mol. The van der Waals surface area contributed by atoms with Crippen LogP contribution in [0.4, 0.5) is 0 Å². The van der Waals surface area contributed by atoms with Crippen LogP contribution >= 0.6 is 0 Å². The molecule has 2 unspecified atom stereocenters. The highest BCUT2D eigenvalue weighted by Gasteiger charge is 2.30. The van der Waals surface area contributed by atoms with Crippen molar-refractivity contribution in [2.75, 3.05) is 6.61 Å². The van der Waals surface area contributed by atoms with Crippen molar-refractivity contribution < 1.29 is 14.6 Å². The second kappa shape index (κ2) is 4.42. The molecule has 1 aliphatic heterocycles. The highest BCUT2D eigenvalue weighted by Crippen LogP contribution is 2.27. The summed E-state index contributed by atoms with van der Waals surface area (Å²) in [5.41, 5.74) is 0.283. The first-order chi connectivity index (χ1) is 6.15. The molecule has 0 amide bonds. The molecule has 0 aromatic carbocycles. The van der Waals surface area contributed by atoms with E-state index >= 15 is 0 Å². The van der Waals surface area contributed by atoms with Gasteiger partial charge in [0.2, 0.25) is 0 Å². The van der Waals surface area contributed by atoms with Gasteiger partial charge in [-0.1, -0.05) is 13.5 Å². The lowest BCUT2D eigenvalue weighted by Crippen LogP contribution is -2.39. The van der Waals surface area contributed by atoms with Crippen LogP contribution in [0.15, 0.2) is 12.2 Å². The molecule has 0 aliphatic carbocycles. The summed E-state index contributed by atoms with van der Waals surface area (Å²) in [6.45, 7) is 6.45. The van der Waals surface area contributed by atoms with Crippen molar-refractivity contribution in [1.29, 1.82) is 0 Å². The number of hydrogen-bond donors (Lipinski definition) is 1. The average Bonchev–Trinajstić information content (AvgIpc) is 2.03. The van der Waals surface area contributed by atoms with Crippen molar-refractivity contribution in [1.82, 2.24) is 0 Å². The minimum atomic E-state index is -0.896. The fourth-order valence-corrected chi connectivity index (χ4v) is 1.49. The molecule has 3 nitrogen and oxygen atoms in total. The second-order valence-electron chi connectivity index (χ2n) is 3.49. The van der Waals surface area contributed by atoms with Gasteiger partial charge in [-0.15, -0.1) is 0 Å². The van der Waals surface area contributed by atoms with Gasteiger partial charge in [0.25, 0.3) is 0 Å². The Morgan fingerprint density at radius 1 is 1.69 bits per heavy atom. The van der Waals surface area contributed by atoms with E-state index in [1.807, 2.05) is 0 Å². The van der Waals surface area contributed by atoms with Crippen molar-refractivity contribution in [2.24, 2.45) is 5.92 Å². The maximum absolute atomic E-state index is 10.4. The molecule has 13 heavy (non-hydrogen) atoms. The van der Waals surface area contributed by atoms with Crippen molar-refractivity contribution in [3.63, 3.8) is 0 Å². The van der Waals surface area contributed by atoms with Gasteiger partial charge in [0.1, 0.15) is 0 Å². The van der Waals surface area contributed by atoms with Gasteiger partial charge in [0.05, 0.1) is 12.7 Å². The third-order valence-electron chi connectivity index (χ3n) is 2.61. The van der Waals surface area contributed by atoms with Gasteiger partial charge in [-0.25, -0.2) is 4.79 Å². The summed E-state index contributed by atoms with van der Waals surface area (Å²) < 4.78 is 5.33. The number of aliphatic carboxylic acids is 1. The van der Waals surface area contributed by atoms with Crippen LogP contribution in [-0.4, -0.2) is 23.8 Å². The largest absolute Gasteiger partial charge is 0.478 e. The third kappa shape index (κ3) is 2.56. The summed E-state index contributed by atoms with van der Waals surface area (Å²) in [6.07, 6.45) is 2.71. The molecule has 0 radical (unpaired) electrons. The summed E-state index contributed by atoms with van der Waals surface area (Å²) in [5.74, 6) is -0.269. The zero-order valence-corrected chi connectivity index (χ0v) is 7.95. The number of carbonyl (C=O) groups is 1. The minimum Gasteiger partial charge on any atom is -0.478 e. The molecule has 1 saturated heterocycles. The van der Waals surface area contributed by atoms with Crippen LogP contribution in [0.1, 0.15) is 26.2 Å². The Kier molecular flexibility index (Phi) is 3.48. The first-order valence-electron chi connectivity index (χ1n) is 4.67. The number of ether oxygens (including phenoxy) is 1. The van der Waals surface area contributed by atoms with E-state index in [1.54, 1.807) is 0 Å². The molecule has 1 fully saturated rings. The van der Waals surface area contributed by atoms with Crippen molar-refractivity contribution in [3.8, 4) is 0 Å². The minimum absolute atomic E-state index is 0.265. The number of carboxylic acids is 1. The summed E-state index contributed by atoms with van der Waals surface area (Å²) in [4.78, 5) is 10.4. The van der Waals surface area contributed by atoms with Crippen molar-refractivity contribution in [2.45, 2.75) is 32.3 Å². The molecular formula is C10H16O3. The predicted octanol–water partition coefficient (Wildman–Crippen LogP) is 1.83. The van der Waals surface area contributed by atoms with Crippen LogP contribution in [0.3, 0.4) is 0 Å². The highest BCUT2D eigenvalue weighted by atomic mass is 16.5. The average molecular weight is 184 g/mol. The monoisotopic (exact) mass is 184 g/mol. The van der Waals surface area contributed by atoms with Crippen LogP contribution < -0.4 is 0 Å². The Labute approximate surface area is 78.4 Å². The van der Waals surface area contributed by atoms with E-state index in [-0.39, 0.29) is 11.7 Å². The van der Waals surface area contributed by atoms with Crippen LogP contribution in [0.2, 0.25) is 0 Å². The maximum atomic E-state index is 10.4. The molecule has 1 rings (SSSR count). The van der Waals surface area contributed by atoms with Gasteiger partial charge < -0.3 is 9.84 Å². The van der Waals surface area contributed by atoms with E-state index in [9.17, 15) is 4.79 Å². The van der Waals surface area contributed by atoms with Gasteiger partial charge >= 0.3 is 5.97 Å². The topological polar surface area (TPSA) is 46.5 Å². The summed E-state index contributed by atoms with van der Waals surface area (Å²) in [6, 6.07) is 0. The Bertz CT molecular complexity index is 208. The lowest BCUT2D eigenvalue weighted by atomic mass is 9.90. The molecule has 3 heteroatoms. The zero-order valence-electron chi connectivity index (χ0n) is 7.95. The molecule has 0 saturated carbocycles. The fraction of sp³-hybridized carbons (Fsp3) is 0.700. The second-order valence-corrected chi connectivity index (χ2v) is 3.49. The van der Waals surface area contributed by atoms with E-state index in [0.717, 1.165) is 19.4 Å². The lowest BCUT2D eigenvalue weighted by molar-refractivity contribution is -0.133. The smallest absolute Gasteiger partial charge is 0.330 e. The van der Waals surface area contributed by atoms with Crippen LogP contribution in [-0.2, 0) is 9.53 Å². The number of rotatable bonds is 5. The quantitative estimate of drug-likeness (QED) is 0.663. The molecular weight excluding hydrogens is 168 g/mol. The van der Waals surface area contributed by atoms with E-state index in [4.69, 9.17) is 9.84 Å². The lowest BCUT2D eigenvalue weighted by Gasteiger charge is -2.36. The third-order valence-corrected chi connectivity index (χ3v) is 2.61. The molecule has 1 aliphatic rings. The van der Waals surface area contributed by atoms with E-state index in [2.05, 4.69) is 13.5 Å². The SMILES string of the molecule is C=C(CCC1OCC1CC)C(=O)O. The molecule has 1 N–H and O–H groups in total. The van der Waals surface area contributed by atoms with E-state index in [0.29, 0.717) is 12.3 Å². The highest BCUT2D eigenvalue weighted by molar-refractivity contribution is 5.85. The fourth-order valence-electron chi connectivity index (χ4n) is 1.49. The molecule has 2 atom stereocenters. The van der Waals surface area contributed by atoms with E-state index in [1.165, 1.54) is 0 Å². The Morgan fingerprint density at radius 3 is 2.77 bits per heavy atom. The first kappa shape index (κ1) is 10.3. The Morgan fingerprint density at radius 2 is 2.38 bits per heavy atom. The molecule has 0 aromatic rings. The zero-order chi connectivity index (χ0) is 9.84. The van der Waals surface area contributed by atoms with Gasteiger partial charge in [-0.05, 0) is 19.3 Å². The summed E-state index contributed by atoms with van der Waals surface area (Å²) >= 11 is 0. The van der Waals surface area contributed by atoms with Gasteiger partial charge in [-0.2, -0.15) is 0 Å². The molecule has 1 heterocycles. The maximum Gasteiger partial charge on any atom is 0.330 e. The van der Waals surface area contributed by atoms with Crippen LogP contribution in [0.25, 0.3) is 0 Å². The standard InChI is InChI=1S/C10H16O3/c1-3-8-6-13-9(8)5-4-7(2)10(11)12/h8-9H,2-6H2,1H3,(H,11,12). The van der Waals surface area contributed by atoms with Crippen LogP contribution in [0, 0.1) is 5.92 Å². The number of carboxylic acid groups (broad SMARTS) is 1. The molecule has 74 valence electrons. The van der Waals surface area contributed by atoms with Gasteiger partial charge in [0.15, 0.2) is 0 Å². The first-order valence-corrected chi connectivity index (χ1v) is 4.67. The summed E-state index contributed by atoms with van der Waals surface area (Å²) in [5, 5.41) is 8.57. The van der Waals surface area contributed by atoms with Crippen molar-refractivity contribution in [3.05, 3.63) is 12.2 Å². The Balaban J connectivity index is 2.19. The van der Waals surface area contributed by atoms with Crippen LogP contribution in [0.5, 0.6) is 0 Å². The molecule has 0 aromatic heterocycles.